The van der Waals surface area contributed by atoms with Crippen molar-refractivity contribution < 1.29 is 33.0 Å². The Kier molecular flexibility index (Phi) is 3.44. The third kappa shape index (κ3) is 3.01. The summed E-state index contributed by atoms with van der Waals surface area (Å²) in [7, 11) is 0. The van der Waals surface area contributed by atoms with Crippen LogP contribution in [0.25, 0.3) is 0 Å². The zero-order valence-electron chi connectivity index (χ0n) is 10.5. The third-order valence-corrected chi connectivity index (χ3v) is 3.14. The van der Waals surface area contributed by atoms with Gasteiger partial charge in [0.25, 0.3) is 0 Å². The minimum absolute atomic E-state index is 0.185. The molecule has 9 heteroatoms. The van der Waals surface area contributed by atoms with Gasteiger partial charge in [0.2, 0.25) is 0 Å². The van der Waals surface area contributed by atoms with E-state index in [1.165, 1.54) is 0 Å². The van der Waals surface area contributed by atoms with E-state index in [2.05, 4.69) is 5.32 Å². The Morgan fingerprint density at radius 1 is 1.24 bits per heavy atom. The summed E-state index contributed by atoms with van der Waals surface area (Å²) >= 11 is 0. The molecule has 6 nitrogen and oxygen atoms in total. The van der Waals surface area contributed by atoms with Gasteiger partial charge in [-0.3, -0.25) is 0 Å². The van der Waals surface area contributed by atoms with Crippen LogP contribution in [0.5, 0.6) is 5.75 Å². The van der Waals surface area contributed by atoms with Crippen molar-refractivity contribution in [2.45, 2.75) is 24.6 Å². The van der Waals surface area contributed by atoms with Crippen LogP contribution >= 0.6 is 0 Å². The molecule has 1 fully saturated rings. The number of carbonyl (C=O) groups excluding carboxylic acids is 1. The highest BCUT2D eigenvalue weighted by Gasteiger charge is 2.64. The fourth-order valence-corrected chi connectivity index (χ4v) is 1.75. The molecule has 0 radical (unpaired) electrons. The number of carboxylic acid groups (broad SMARTS) is 1. The molecule has 1 aromatic carbocycles. The molecule has 1 aliphatic rings. The van der Waals surface area contributed by atoms with E-state index in [0.717, 1.165) is 18.2 Å². The molecule has 0 unspecified atom stereocenters. The average Bonchev–Trinajstić information content (AvgIpc) is 3.11. The molecule has 0 aromatic heterocycles. The highest BCUT2D eigenvalue weighted by molar-refractivity contribution is 5.94. The minimum atomic E-state index is -4.54. The Balaban J connectivity index is 2.06. The number of halogens is 3. The largest absolute Gasteiger partial charge is 0.506 e. The van der Waals surface area contributed by atoms with Crippen LogP contribution in [0.2, 0.25) is 0 Å². The van der Waals surface area contributed by atoms with Crippen molar-refractivity contribution in [3.63, 3.8) is 0 Å². The van der Waals surface area contributed by atoms with Gasteiger partial charge in [-0.05, 0) is 31.0 Å². The maximum Gasteiger partial charge on any atom is 0.411 e. The minimum Gasteiger partial charge on any atom is -0.506 e. The Morgan fingerprint density at radius 2 is 1.86 bits per heavy atom. The van der Waals surface area contributed by atoms with E-state index < -0.39 is 29.5 Å². The maximum atomic E-state index is 12.7. The highest BCUT2D eigenvalue weighted by Crippen LogP contribution is 2.48. The van der Waals surface area contributed by atoms with Gasteiger partial charge < -0.3 is 20.8 Å². The molecule has 1 aliphatic carbocycles. The van der Waals surface area contributed by atoms with E-state index in [4.69, 9.17) is 5.11 Å². The molecule has 21 heavy (non-hydrogen) atoms. The Labute approximate surface area is 116 Å². The first-order valence-electron chi connectivity index (χ1n) is 5.87. The predicted octanol–water partition coefficient (Wildman–Crippen LogP) is 2.31. The van der Waals surface area contributed by atoms with Gasteiger partial charge in [0.05, 0.1) is 11.3 Å². The van der Waals surface area contributed by atoms with Gasteiger partial charge in [-0.2, -0.15) is 13.2 Å². The van der Waals surface area contributed by atoms with Crippen LogP contribution in [0.1, 0.15) is 23.2 Å². The SMILES string of the molecule is O=C(Nc1ccc(C(=O)O)cc1O)NC1(C(F)(F)F)CC1. The van der Waals surface area contributed by atoms with Crippen LogP contribution in [0, 0.1) is 0 Å². The van der Waals surface area contributed by atoms with Gasteiger partial charge in [0.15, 0.2) is 0 Å². The topological polar surface area (TPSA) is 98.7 Å². The number of phenolic OH excluding ortho intramolecular Hbond substituents is 1. The van der Waals surface area contributed by atoms with Crippen molar-refractivity contribution in [1.82, 2.24) is 5.32 Å². The van der Waals surface area contributed by atoms with Crippen molar-refractivity contribution in [3.8, 4) is 5.75 Å². The van der Waals surface area contributed by atoms with Crippen LogP contribution in [0.3, 0.4) is 0 Å². The molecule has 2 amide bonds. The summed E-state index contributed by atoms with van der Waals surface area (Å²) < 4.78 is 38.0. The summed E-state index contributed by atoms with van der Waals surface area (Å²) in [6.07, 6.45) is -4.94. The normalized spacial score (nSPS) is 16.1. The van der Waals surface area contributed by atoms with E-state index >= 15 is 0 Å². The molecule has 0 aliphatic heterocycles. The van der Waals surface area contributed by atoms with Crippen LogP contribution in [-0.4, -0.2) is 33.9 Å². The number of benzene rings is 1. The molecule has 1 aromatic rings. The van der Waals surface area contributed by atoms with Gasteiger partial charge in [0, 0.05) is 0 Å². The van der Waals surface area contributed by atoms with E-state index in [9.17, 15) is 27.9 Å². The second kappa shape index (κ2) is 4.83. The lowest BCUT2D eigenvalue weighted by Gasteiger charge is -2.21. The summed E-state index contributed by atoms with van der Waals surface area (Å²) in [5.74, 6) is -1.84. The number of nitrogens with one attached hydrogen (secondary N) is 2. The van der Waals surface area contributed by atoms with E-state index in [1.54, 1.807) is 0 Å². The van der Waals surface area contributed by atoms with Crippen LogP contribution < -0.4 is 10.6 Å². The summed E-state index contributed by atoms with van der Waals surface area (Å²) in [6, 6.07) is 1.96. The summed E-state index contributed by atoms with van der Waals surface area (Å²) in [5.41, 5.74) is -2.61. The first-order valence-corrected chi connectivity index (χ1v) is 5.87. The van der Waals surface area contributed by atoms with Crippen molar-refractivity contribution >= 4 is 17.7 Å². The number of hydrogen-bond acceptors (Lipinski definition) is 3. The molecule has 0 bridgehead atoms. The molecule has 114 valence electrons. The van der Waals surface area contributed by atoms with Crippen molar-refractivity contribution in [1.29, 1.82) is 0 Å². The van der Waals surface area contributed by atoms with Gasteiger partial charge in [-0.1, -0.05) is 0 Å². The summed E-state index contributed by atoms with van der Waals surface area (Å²) in [5, 5.41) is 22.1. The third-order valence-electron chi connectivity index (χ3n) is 3.14. The number of alkyl halides is 3. The summed E-state index contributed by atoms with van der Waals surface area (Å²) in [4.78, 5) is 22.2. The van der Waals surface area contributed by atoms with Gasteiger partial charge in [0.1, 0.15) is 11.3 Å². The number of urea groups is 1. The molecule has 1 saturated carbocycles. The molecular formula is C12H11F3N2O4. The van der Waals surface area contributed by atoms with Gasteiger partial charge >= 0.3 is 18.2 Å². The zero-order valence-corrected chi connectivity index (χ0v) is 10.5. The molecule has 4 N–H and O–H groups in total. The highest BCUT2D eigenvalue weighted by atomic mass is 19.4. The smallest absolute Gasteiger partial charge is 0.411 e. The van der Waals surface area contributed by atoms with Crippen LogP contribution in [-0.2, 0) is 0 Å². The molecule has 0 saturated heterocycles. The van der Waals surface area contributed by atoms with Gasteiger partial charge in [-0.25, -0.2) is 9.59 Å². The second-order valence-electron chi connectivity index (χ2n) is 4.70. The fourth-order valence-electron chi connectivity index (χ4n) is 1.75. The molecule has 2 rings (SSSR count). The monoisotopic (exact) mass is 304 g/mol. The van der Waals surface area contributed by atoms with Crippen molar-refractivity contribution in [3.05, 3.63) is 23.8 Å². The molecule has 0 heterocycles. The van der Waals surface area contributed by atoms with E-state index in [0.29, 0.717) is 0 Å². The first-order chi connectivity index (χ1) is 9.64. The quantitative estimate of drug-likeness (QED) is 0.644. The van der Waals surface area contributed by atoms with Gasteiger partial charge in [-0.15, -0.1) is 0 Å². The lowest BCUT2D eigenvalue weighted by atomic mass is 10.2. The zero-order chi connectivity index (χ0) is 15.8. The van der Waals surface area contributed by atoms with Crippen molar-refractivity contribution in [2.75, 3.05) is 5.32 Å². The Bertz CT molecular complexity index is 597. The molecule has 0 atom stereocenters. The number of anilines is 1. The molecular weight excluding hydrogens is 293 g/mol. The number of aromatic hydroxyl groups is 1. The van der Waals surface area contributed by atoms with Crippen molar-refractivity contribution in [2.24, 2.45) is 0 Å². The first kappa shape index (κ1) is 14.9. The number of carbonyl (C=O) groups is 2. The van der Waals surface area contributed by atoms with Crippen LogP contribution in [0.4, 0.5) is 23.7 Å². The lowest BCUT2D eigenvalue weighted by Crippen LogP contribution is -2.49. The number of rotatable bonds is 3. The molecule has 0 spiro atoms. The lowest BCUT2D eigenvalue weighted by molar-refractivity contribution is -0.162. The van der Waals surface area contributed by atoms with E-state index in [1.807, 2.05) is 5.32 Å². The maximum absolute atomic E-state index is 12.7. The number of amides is 2. The van der Waals surface area contributed by atoms with Crippen LogP contribution in [0.15, 0.2) is 18.2 Å². The number of phenols is 1. The Morgan fingerprint density at radius 3 is 2.29 bits per heavy atom. The second-order valence-corrected chi connectivity index (χ2v) is 4.70. The summed E-state index contributed by atoms with van der Waals surface area (Å²) in [6.45, 7) is 0. The number of carboxylic acids is 1. The number of hydrogen-bond donors (Lipinski definition) is 4. The Hall–Kier alpha value is -2.45. The predicted molar refractivity (Wildman–Crippen MR) is 65.2 cm³/mol. The van der Waals surface area contributed by atoms with E-state index in [-0.39, 0.29) is 24.1 Å². The number of aromatic carboxylic acids is 1. The fraction of sp³-hybridized carbons (Fsp3) is 0.333. The average molecular weight is 304 g/mol. The standard InChI is InChI=1S/C12H11F3N2O4/c13-12(14,15)11(3-4-11)17-10(21)16-7-2-1-6(9(19)20)5-8(7)18/h1-2,5,18H,3-4H2,(H,19,20)(H2,16,17,21).